The number of oxazole rings is 1. The van der Waals surface area contributed by atoms with Crippen molar-refractivity contribution in [2.24, 2.45) is 0 Å². The molecule has 4 rings (SSSR count). The highest BCUT2D eigenvalue weighted by molar-refractivity contribution is 6.00. The molecule has 0 N–H and O–H groups in total. The second kappa shape index (κ2) is 5.72. The monoisotopic (exact) mass is 304 g/mol. The van der Waals surface area contributed by atoms with Crippen LogP contribution in [-0.2, 0) is 4.79 Å². The highest BCUT2D eigenvalue weighted by atomic mass is 16.3. The molecule has 1 saturated heterocycles. The first-order valence-electron chi connectivity index (χ1n) is 7.68. The van der Waals surface area contributed by atoms with E-state index in [-0.39, 0.29) is 11.8 Å². The zero-order valence-electron chi connectivity index (χ0n) is 12.6. The molecule has 0 radical (unpaired) electrons. The molecule has 4 heteroatoms. The van der Waals surface area contributed by atoms with Crippen molar-refractivity contribution in [3.05, 3.63) is 72.8 Å². The number of carbonyl (C=O) groups is 1. The van der Waals surface area contributed by atoms with Crippen LogP contribution < -0.4 is 4.90 Å². The molecule has 1 aromatic heterocycles. The first kappa shape index (κ1) is 13.8. The van der Waals surface area contributed by atoms with E-state index in [9.17, 15) is 4.79 Å². The minimum atomic E-state index is -0.0369. The van der Waals surface area contributed by atoms with Gasteiger partial charge in [-0.05, 0) is 36.2 Å². The van der Waals surface area contributed by atoms with Crippen molar-refractivity contribution in [1.82, 2.24) is 4.98 Å². The fourth-order valence-electron chi connectivity index (χ4n) is 3.09. The van der Waals surface area contributed by atoms with Gasteiger partial charge in [0.25, 0.3) is 0 Å². The van der Waals surface area contributed by atoms with E-state index < -0.39 is 0 Å². The van der Waals surface area contributed by atoms with Gasteiger partial charge in [0, 0.05) is 17.8 Å². The maximum atomic E-state index is 12.7. The molecular formula is C19H16N2O2. The van der Waals surface area contributed by atoms with Gasteiger partial charge < -0.3 is 9.32 Å². The van der Waals surface area contributed by atoms with Gasteiger partial charge in [0.2, 0.25) is 5.91 Å². The van der Waals surface area contributed by atoms with E-state index in [1.165, 1.54) is 6.39 Å². The second-order valence-electron chi connectivity index (χ2n) is 5.65. The highest BCUT2D eigenvalue weighted by Gasteiger charge is 2.33. The average Bonchev–Trinajstić information content (AvgIpc) is 3.26. The van der Waals surface area contributed by atoms with Crippen molar-refractivity contribution < 1.29 is 9.21 Å². The average molecular weight is 304 g/mol. The summed E-state index contributed by atoms with van der Waals surface area (Å²) in [6, 6.07) is 17.8. The van der Waals surface area contributed by atoms with Crippen LogP contribution in [0.1, 0.15) is 17.9 Å². The summed E-state index contributed by atoms with van der Waals surface area (Å²) in [6.07, 6.45) is 3.95. The summed E-state index contributed by atoms with van der Waals surface area (Å²) in [5.41, 5.74) is 2.98. The summed E-state index contributed by atoms with van der Waals surface area (Å²) in [7, 11) is 0. The number of benzene rings is 2. The minimum absolute atomic E-state index is 0.0369. The molecule has 1 amide bonds. The molecule has 1 aliphatic heterocycles. The van der Waals surface area contributed by atoms with Crippen molar-refractivity contribution in [2.45, 2.75) is 12.3 Å². The van der Waals surface area contributed by atoms with Crippen LogP contribution in [0.5, 0.6) is 0 Å². The fraction of sp³-hybridized carbons (Fsp3) is 0.158. The number of hydrogen-bond acceptors (Lipinski definition) is 3. The molecule has 23 heavy (non-hydrogen) atoms. The van der Waals surface area contributed by atoms with Gasteiger partial charge in [0.05, 0.1) is 12.1 Å². The van der Waals surface area contributed by atoms with E-state index in [0.717, 1.165) is 35.5 Å². The molecule has 1 aliphatic rings. The van der Waals surface area contributed by atoms with Gasteiger partial charge in [0.1, 0.15) is 0 Å². The summed E-state index contributed by atoms with van der Waals surface area (Å²) in [5.74, 6) is 0.861. The van der Waals surface area contributed by atoms with Gasteiger partial charge in [0.15, 0.2) is 12.2 Å². The highest BCUT2D eigenvalue weighted by Crippen LogP contribution is 2.33. The van der Waals surface area contributed by atoms with E-state index in [1.807, 2.05) is 59.5 Å². The van der Waals surface area contributed by atoms with Crippen molar-refractivity contribution in [2.75, 3.05) is 11.4 Å². The van der Waals surface area contributed by atoms with E-state index in [4.69, 9.17) is 4.42 Å². The Morgan fingerprint density at radius 3 is 2.52 bits per heavy atom. The van der Waals surface area contributed by atoms with Crippen LogP contribution in [0.25, 0.3) is 11.3 Å². The molecule has 0 saturated carbocycles. The predicted octanol–water partition coefficient (Wildman–Crippen LogP) is 3.86. The molecule has 3 aromatic rings. The third kappa shape index (κ3) is 2.52. The zero-order chi connectivity index (χ0) is 15.6. The van der Waals surface area contributed by atoms with Gasteiger partial charge in [-0.15, -0.1) is 0 Å². The molecule has 114 valence electrons. The third-order valence-electron chi connectivity index (χ3n) is 4.30. The Balaban J connectivity index is 1.56. The summed E-state index contributed by atoms with van der Waals surface area (Å²) in [5, 5.41) is 0. The number of anilines is 1. The number of carbonyl (C=O) groups excluding carboxylic acids is 1. The Bertz CT molecular complexity index is 795. The van der Waals surface area contributed by atoms with Crippen molar-refractivity contribution >= 4 is 11.6 Å². The van der Waals surface area contributed by atoms with Crippen LogP contribution in [0, 0.1) is 0 Å². The van der Waals surface area contributed by atoms with Crippen molar-refractivity contribution in [3.63, 3.8) is 0 Å². The number of nitrogens with zero attached hydrogens (tertiary/aromatic N) is 2. The first-order valence-corrected chi connectivity index (χ1v) is 7.68. The fourth-order valence-corrected chi connectivity index (χ4v) is 3.09. The summed E-state index contributed by atoms with van der Waals surface area (Å²) < 4.78 is 5.29. The number of aromatic nitrogens is 1. The van der Waals surface area contributed by atoms with E-state index in [1.54, 1.807) is 6.20 Å². The lowest BCUT2D eigenvalue weighted by Crippen LogP contribution is -2.26. The Kier molecular flexibility index (Phi) is 3.42. The quantitative estimate of drug-likeness (QED) is 0.738. The van der Waals surface area contributed by atoms with Gasteiger partial charge in [-0.2, -0.15) is 0 Å². The van der Waals surface area contributed by atoms with Crippen LogP contribution in [0.4, 0.5) is 5.69 Å². The van der Waals surface area contributed by atoms with Crippen LogP contribution >= 0.6 is 0 Å². The molecule has 1 atom stereocenters. The Labute approximate surface area is 134 Å². The van der Waals surface area contributed by atoms with Gasteiger partial charge in [-0.3, -0.25) is 4.79 Å². The number of hydrogen-bond donors (Lipinski definition) is 0. The molecule has 2 heterocycles. The molecule has 4 nitrogen and oxygen atoms in total. The molecule has 0 bridgehead atoms. The lowest BCUT2D eigenvalue weighted by molar-refractivity contribution is -0.118. The first-order chi connectivity index (χ1) is 11.3. The molecule has 1 fully saturated rings. The Morgan fingerprint density at radius 2 is 1.83 bits per heavy atom. The van der Waals surface area contributed by atoms with Crippen molar-refractivity contribution in [1.29, 1.82) is 0 Å². The van der Waals surface area contributed by atoms with Gasteiger partial charge in [-0.25, -0.2) is 4.98 Å². The summed E-state index contributed by atoms with van der Waals surface area (Å²) in [6.45, 7) is 0.750. The largest absolute Gasteiger partial charge is 0.444 e. The predicted molar refractivity (Wildman–Crippen MR) is 88.1 cm³/mol. The lowest BCUT2D eigenvalue weighted by Gasteiger charge is -2.17. The third-order valence-corrected chi connectivity index (χ3v) is 4.30. The van der Waals surface area contributed by atoms with E-state index in [2.05, 4.69) is 4.98 Å². The molecule has 2 aromatic carbocycles. The van der Waals surface area contributed by atoms with Crippen LogP contribution in [0.3, 0.4) is 0 Å². The van der Waals surface area contributed by atoms with Crippen molar-refractivity contribution in [3.8, 4) is 11.3 Å². The lowest BCUT2D eigenvalue weighted by atomic mass is 9.98. The molecular weight excluding hydrogens is 288 g/mol. The normalized spacial score (nSPS) is 17.7. The minimum Gasteiger partial charge on any atom is -0.444 e. The Hall–Kier alpha value is -2.88. The second-order valence-corrected chi connectivity index (χ2v) is 5.65. The van der Waals surface area contributed by atoms with E-state index >= 15 is 0 Å². The smallest absolute Gasteiger partial charge is 0.234 e. The van der Waals surface area contributed by atoms with Gasteiger partial charge >= 0.3 is 0 Å². The van der Waals surface area contributed by atoms with Crippen LogP contribution in [0.2, 0.25) is 0 Å². The standard InChI is InChI=1S/C19H16N2O2/c22-19-17(14-4-2-1-3-5-14)10-11-21(19)16-8-6-15(7-9-16)18-12-20-13-23-18/h1-9,12-13,17H,10-11H2. The summed E-state index contributed by atoms with van der Waals surface area (Å²) >= 11 is 0. The maximum Gasteiger partial charge on any atom is 0.234 e. The molecule has 0 spiro atoms. The zero-order valence-corrected chi connectivity index (χ0v) is 12.6. The van der Waals surface area contributed by atoms with Crippen LogP contribution in [0.15, 0.2) is 71.6 Å². The molecule has 1 unspecified atom stereocenters. The van der Waals surface area contributed by atoms with E-state index in [0.29, 0.717) is 0 Å². The molecule has 0 aliphatic carbocycles. The SMILES string of the molecule is O=C1C(c2ccccc2)CCN1c1ccc(-c2cnco2)cc1. The number of amides is 1. The Morgan fingerprint density at radius 1 is 1.04 bits per heavy atom. The number of rotatable bonds is 3. The van der Waals surface area contributed by atoms with Gasteiger partial charge in [-0.1, -0.05) is 30.3 Å². The maximum absolute atomic E-state index is 12.7. The topological polar surface area (TPSA) is 46.3 Å². The van der Waals surface area contributed by atoms with Crippen LogP contribution in [-0.4, -0.2) is 17.4 Å². The summed E-state index contributed by atoms with van der Waals surface area (Å²) in [4.78, 5) is 18.5.